The number of likely N-dealkylation sites (tertiary alicyclic amines) is 1. The number of halogens is 3. The van der Waals surface area contributed by atoms with Gasteiger partial charge in [0.15, 0.2) is 0 Å². The maximum atomic E-state index is 14.7. The molecule has 0 spiro atoms. The number of aliphatic hydroxyl groups is 1. The number of nitro benzene ring substituents is 1. The lowest BCUT2D eigenvalue weighted by molar-refractivity contribution is -0.384. The fourth-order valence-corrected chi connectivity index (χ4v) is 13.8. The minimum atomic E-state index is -4.93. The van der Waals surface area contributed by atoms with Gasteiger partial charge in [0.25, 0.3) is 5.69 Å². The van der Waals surface area contributed by atoms with E-state index in [0.29, 0.717) is 57.2 Å². The first-order chi connectivity index (χ1) is 40.3. The number of benzene rings is 5. The molecule has 3 aliphatic heterocycles. The van der Waals surface area contributed by atoms with Gasteiger partial charge in [0, 0.05) is 31.5 Å². The van der Waals surface area contributed by atoms with Crippen molar-refractivity contribution in [3.8, 4) is 27.7 Å². The molecule has 5 aromatic carbocycles. The molecule has 4 N–H and O–H groups in total. The molecule has 1 aromatic heterocycles. The van der Waals surface area contributed by atoms with Crippen molar-refractivity contribution < 1.29 is 65.3 Å². The summed E-state index contributed by atoms with van der Waals surface area (Å²) >= 11 is 1.54. The van der Waals surface area contributed by atoms with Crippen LogP contribution in [0.2, 0.25) is 0 Å². The first kappa shape index (κ1) is 61.7. The van der Waals surface area contributed by atoms with E-state index in [9.17, 15) is 56.3 Å². The van der Waals surface area contributed by atoms with Crippen LogP contribution in [0.25, 0.3) is 21.6 Å². The number of hydrogen-bond acceptors (Lipinski definition) is 14. The van der Waals surface area contributed by atoms with Crippen molar-refractivity contribution in [2.24, 2.45) is 5.41 Å². The van der Waals surface area contributed by atoms with E-state index < -0.39 is 86.6 Å². The zero-order chi connectivity index (χ0) is 61.0. The number of alkyl halides is 3. The number of ether oxygens (including phenoxy) is 3. The molecule has 7 atom stereocenters. The molecule has 2 fully saturated rings. The SMILES string of the molecule is Cc1ncsc1-c1ccc(C(C)NC(=O)C2CC(O)CN2C(=O)C(NC(=O)CCCCCOc2ccc(N(CC(F)(F)F)S(=O)(=O)C3CC4OC3C(c3ccc(OCc5ccc([N+](=O)[O-])cc5)cc3)=C4c3ccc(O)cc3)cc2)C(C)(C)C)cc1. The number of aliphatic hydroxyl groups excluding tert-OH is 1. The molecule has 9 rings (SSSR count). The number of β-amino-alcohol motifs (C(OH)–C–C–N with tert-alkyl or cyclic N) is 1. The first-order valence-corrected chi connectivity index (χ1v) is 30.3. The van der Waals surface area contributed by atoms with E-state index in [0.717, 1.165) is 21.7 Å². The summed E-state index contributed by atoms with van der Waals surface area (Å²) in [6, 6.07) is 29.6. The minimum absolute atomic E-state index is 0.00325. The molecule has 7 unspecified atom stereocenters. The van der Waals surface area contributed by atoms with Crippen molar-refractivity contribution >= 4 is 61.6 Å². The number of amides is 3. The number of nitrogens with zero attached hydrogens (tertiary/aromatic N) is 4. The molecule has 3 amide bonds. The molecule has 2 saturated heterocycles. The number of nitrogens with one attached hydrogen (secondary N) is 2. The lowest BCUT2D eigenvalue weighted by Gasteiger charge is -2.35. The molecule has 0 aliphatic carbocycles. The summed E-state index contributed by atoms with van der Waals surface area (Å²) in [4.78, 5) is 58.7. The molecule has 4 heterocycles. The highest BCUT2D eigenvalue weighted by Gasteiger charge is 2.55. The summed E-state index contributed by atoms with van der Waals surface area (Å²) in [5.41, 5.74) is 6.47. The number of phenols is 1. The monoisotopic (exact) mass is 1210 g/mol. The van der Waals surface area contributed by atoms with Crippen LogP contribution in [0.3, 0.4) is 0 Å². The van der Waals surface area contributed by atoms with Crippen LogP contribution < -0.4 is 24.4 Å². The quantitative estimate of drug-likeness (QED) is 0.0266. The Morgan fingerprint density at radius 2 is 1.47 bits per heavy atom. The molecule has 85 heavy (non-hydrogen) atoms. The Kier molecular flexibility index (Phi) is 18.7. The van der Waals surface area contributed by atoms with E-state index in [2.05, 4.69) is 15.6 Å². The number of hydrogen-bond donors (Lipinski definition) is 4. The van der Waals surface area contributed by atoms with Gasteiger partial charge in [0.2, 0.25) is 27.7 Å². The lowest BCUT2D eigenvalue weighted by Crippen LogP contribution is -2.57. The highest BCUT2D eigenvalue weighted by Crippen LogP contribution is 2.52. The van der Waals surface area contributed by atoms with Gasteiger partial charge in [-0.25, -0.2) is 13.4 Å². The van der Waals surface area contributed by atoms with E-state index in [4.69, 9.17) is 14.2 Å². The van der Waals surface area contributed by atoms with E-state index in [1.807, 2.05) is 38.1 Å². The summed E-state index contributed by atoms with van der Waals surface area (Å²) in [7, 11) is -4.80. The molecule has 6 aromatic rings. The molecular formula is C62H67F3N6O12S2. The maximum absolute atomic E-state index is 14.7. The van der Waals surface area contributed by atoms with Gasteiger partial charge in [0.1, 0.15) is 53.8 Å². The van der Waals surface area contributed by atoms with Crippen LogP contribution in [0.1, 0.15) is 100 Å². The number of carbonyl (C=O) groups is 3. The zero-order valence-corrected chi connectivity index (χ0v) is 49.1. The van der Waals surface area contributed by atoms with Crippen molar-refractivity contribution in [3.63, 3.8) is 0 Å². The Hall–Kier alpha value is -7.86. The number of phenolic OH excluding ortho intramolecular Hbond substituents is 1. The maximum Gasteiger partial charge on any atom is 0.407 e. The Balaban J connectivity index is 0.786. The number of nitro groups is 1. The van der Waals surface area contributed by atoms with Gasteiger partial charge < -0.3 is 40.0 Å². The summed E-state index contributed by atoms with van der Waals surface area (Å²) in [6.45, 7) is 7.59. The summed E-state index contributed by atoms with van der Waals surface area (Å²) in [6.07, 6.45) is -6.48. The van der Waals surface area contributed by atoms with Crippen LogP contribution in [-0.2, 0) is 35.8 Å². The number of unbranched alkanes of at least 4 members (excludes halogenated alkanes) is 2. The third-order valence-corrected chi connectivity index (χ3v) is 18.5. The Labute approximate surface area is 494 Å². The normalized spacial score (nSPS) is 19.4. The minimum Gasteiger partial charge on any atom is -0.508 e. The van der Waals surface area contributed by atoms with Gasteiger partial charge >= 0.3 is 6.18 Å². The van der Waals surface area contributed by atoms with Gasteiger partial charge in [0.05, 0.1) is 51.5 Å². The zero-order valence-electron chi connectivity index (χ0n) is 47.5. The van der Waals surface area contributed by atoms with Gasteiger partial charge in [-0.15, -0.1) is 11.3 Å². The van der Waals surface area contributed by atoms with Gasteiger partial charge in [-0.3, -0.25) is 28.8 Å². The molecule has 450 valence electrons. The van der Waals surface area contributed by atoms with Gasteiger partial charge in [-0.2, -0.15) is 13.2 Å². The van der Waals surface area contributed by atoms with E-state index in [1.165, 1.54) is 53.4 Å². The largest absolute Gasteiger partial charge is 0.508 e. The summed E-state index contributed by atoms with van der Waals surface area (Å²) in [5.74, 6) is -0.578. The van der Waals surface area contributed by atoms with Crippen LogP contribution in [0.15, 0.2) is 127 Å². The lowest BCUT2D eigenvalue weighted by atomic mass is 9.83. The van der Waals surface area contributed by atoms with Crippen molar-refractivity contribution in [1.82, 2.24) is 20.5 Å². The number of carbonyl (C=O) groups excluding carboxylic acids is 3. The average Bonchev–Trinajstić information content (AvgIpc) is 1.66. The molecule has 23 heteroatoms. The molecule has 0 radical (unpaired) electrons. The number of rotatable bonds is 23. The van der Waals surface area contributed by atoms with Crippen LogP contribution >= 0.6 is 11.3 Å². The number of non-ortho nitro benzene ring substituents is 1. The third-order valence-electron chi connectivity index (χ3n) is 15.4. The molecule has 0 saturated carbocycles. The number of sulfonamides is 1. The average molecular weight is 1210 g/mol. The smallest absolute Gasteiger partial charge is 0.407 e. The number of fused-ring (bicyclic) bond motifs is 2. The van der Waals surface area contributed by atoms with Gasteiger partial charge in [-0.05, 0) is 145 Å². The first-order valence-electron chi connectivity index (χ1n) is 27.9. The predicted molar refractivity (Wildman–Crippen MR) is 315 cm³/mol. The van der Waals surface area contributed by atoms with Crippen molar-refractivity contribution in [1.29, 1.82) is 0 Å². The van der Waals surface area contributed by atoms with Crippen LogP contribution in [-0.4, -0.2) is 113 Å². The molecular weight excluding hydrogens is 1140 g/mol. The number of aryl methyl sites for hydroxylation is 1. The van der Waals surface area contributed by atoms with E-state index in [-0.39, 0.29) is 67.8 Å². The van der Waals surface area contributed by atoms with Crippen LogP contribution in [0.5, 0.6) is 17.2 Å². The van der Waals surface area contributed by atoms with Crippen LogP contribution in [0.4, 0.5) is 24.5 Å². The molecule has 3 aliphatic rings. The van der Waals surface area contributed by atoms with Crippen molar-refractivity contribution in [2.75, 3.05) is 24.0 Å². The fraction of sp³-hybridized carbons (Fsp3) is 0.387. The topological polar surface area (TPSA) is 240 Å². The summed E-state index contributed by atoms with van der Waals surface area (Å²) < 4.78 is 91.1. The number of thiazole rings is 1. The van der Waals surface area contributed by atoms with Crippen LogP contribution in [0, 0.1) is 22.5 Å². The number of aromatic nitrogens is 1. The second-order valence-electron chi connectivity index (χ2n) is 22.6. The Morgan fingerprint density at radius 3 is 2.09 bits per heavy atom. The van der Waals surface area contributed by atoms with Crippen molar-refractivity contribution in [2.45, 2.75) is 128 Å². The number of aromatic hydroxyl groups is 1. The van der Waals surface area contributed by atoms with E-state index in [1.54, 1.807) is 86.1 Å². The third kappa shape index (κ3) is 14.6. The highest BCUT2D eigenvalue weighted by molar-refractivity contribution is 7.93. The highest BCUT2D eigenvalue weighted by atomic mass is 32.2. The van der Waals surface area contributed by atoms with Gasteiger partial charge in [-0.1, -0.05) is 69.3 Å². The second kappa shape index (κ2) is 25.8. The molecule has 2 bridgehead atoms. The standard InChI is InChI=1S/C62H67F3N6O12S2/c1-37(40-12-14-43(15-13-40)57-38(2)66-36-84-57)67-59(75)50-31-47(73)33-69(50)60(76)58(61(3,4)5)68-53(74)9-7-6-8-30-81-48-28-22-44(23-29-48)70(35-62(63,64)65)85(79,80)52-32-51-54(41-16-24-46(72)25-17-41)55(56(52)83-51)42-18-26-49(27-19-42)82-34-39-10-20-45(21-11-39)71(77)78/h10-29,36-37,47,50-52,56,58,72-73H,6-9,30-35H2,1-5H3,(H,67,75)(H,68,74). The summed E-state index contributed by atoms with van der Waals surface area (Å²) in [5, 5.41) is 36.3. The second-order valence-corrected chi connectivity index (χ2v) is 25.6. The van der Waals surface area contributed by atoms with E-state index >= 15 is 0 Å². The molecule has 18 nitrogen and oxygen atoms in total. The Bertz CT molecular complexity index is 3500. The fourth-order valence-electron chi connectivity index (χ4n) is 11.0. The Morgan fingerprint density at radius 1 is 0.847 bits per heavy atom. The van der Waals surface area contributed by atoms with Crippen molar-refractivity contribution in [3.05, 3.63) is 165 Å². The predicted octanol–water partition coefficient (Wildman–Crippen LogP) is 10.5. The number of anilines is 1.